The summed E-state index contributed by atoms with van der Waals surface area (Å²) in [6.45, 7) is 10.5. The van der Waals surface area contributed by atoms with Crippen molar-refractivity contribution in [2.24, 2.45) is 0 Å². The Hall–Kier alpha value is -3.35. The number of hydrogen-bond donors (Lipinski definition) is 2. The molecule has 0 bridgehead atoms. The van der Waals surface area contributed by atoms with Gasteiger partial charge in [-0.2, -0.15) is 9.97 Å². The van der Waals surface area contributed by atoms with Crippen LogP contribution in [0.2, 0.25) is 10.0 Å². The number of nitrogens with one attached hydrogen (secondary N) is 2. The first-order valence-corrected chi connectivity index (χ1v) is 12.9. The van der Waals surface area contributed by atoms with Crippen LogP contribution in [0.5, 0.6) is 0 Å². The Morgan fingerprint density at radius 2 is 1.26 bits per heavy atom. The second-order valence-electron chi connectivity index (χ2n) is 9.99. The summed E-state index contributed by atoms with van der Waals surface area (Å²) < 4.78 is 21.6. The summed E-state index contributed by atoms with van der Waals surface area (Å²) in [6, 6.07) is 6.30. The smallest absolute Gasteiger partial charge is 0.415 e. The van der Waals surface area contributed by atoms with Crippen LogP contribution in [0.25, 0.3) is 22.2 Å². The number of oxazole rings is 2. The summed E-state index contributed by atoms with van der Waals surface area (Å²) in [5, 5.41) is 5.65. The third-order valence-corrected chi connectivity index (χ3v) is 5.29. The third kappa shape index (κ3) is 8.84. The number of nitrogens with zero attached hydrogens (tertiary/aromatic N) is 2. The number of carbonyl (C=O) groups is 3. The molecule has 0 saturated heterocycles. The minimum Gasteiger partial charge on any atom is -0.443 e. The van der Waals surface area contributed by atoms with E-state index in [9.17, 15) is 14.4 Å². The summed E-state index contributed by atoms with van der Waals surface area (Å²) in [5.41, 5.74) is 0.767. The summed E-state index contributed by atoms with van der Waals surface area (Å²) >= 11 is 15.1. The number of carbonyl (C=O) groups excluding carboxylic acids is 3. The zero-order chi connectivity index (χ0) is 29.1. The number of aldehydes is 1. The largest absolute Gasteiger partial charge is 0.443 e. The van der Waals surface area contributed by atoms with Gasteiger partial charge in [0.1, 0.15) is 22.2 Å². The number of rotatable bonds is 3. The van der Waals surface area contributed by atoms with Crippen LogP contribution in [0.3, 0.4) is 0 Å². The van der Waals surface area contributed by atoms with E-state index in [-0.39, 0.29) is 17.6 Å². The maximum absolute atomic E-state index is 11.6. The van der Waals surface area contributed by atoms with Gasteiger partial charge in [0.2, 0.25) is 0 Å². The molecule has 14 heteroatoms. The standard InChI is InChI=1S/C13H13ClN2O4.C12H12BrClN2O3/c1-13(2,3)20-12(18)16-11-15-10-7(6-17)4-8(14)5-9(10)19-11;1-12(2,3)19-11(17)16-10-15-9-7(13)4-6(14)5-8(9)18-10/h4-6H,1-3H3,(H,15,16,18);4-5H,1-3H3,(H,15,16,17). The quantitative estimate of drug-likeness (QED) is 0.211. The molecule has 0 unspecified atom stereocenters. The van der Waals surface area contributed by atoms with Crippen molar-refractivity contribution in [3.05, 3.63) is 44.3 Å². The Morgan fingerprint density at radius 3 is 1.72 bits per heavy atom. The molecular weight excluding hydrogens is 619 g/mol. The second kappa shape index (κ2) is 11.8. The first kappa shape index (κ1) is 30.2. The van der Waals surface area contributed by atoms with E-state index in [1.165, 1.54) is 12.1 Å². The average molecular weight is 644 g/mol. The van der Waals surface area contributed by atoms with Gasteiger partial charge < -0.3 is 18.3 Å². The van der Waals surface area contributed by atoms with Crippen molar-refractivity contribution < 1.29 is 32.7 Å². The molecule has 0 spiro atoms. The van der Waals surface area contributed by atoms with Gasteiger partial charge in [0.25, 0.3) is 0 Å². The Bertz CT molecular complexity index is 1540. The SMILES string of the molecule is CC(C)(C)OC(=O)Nc1nc2c(Br)cc(Cl)cc2o1.CC(C)(C)OC(=O)Nc1nc2c(C=O)cc(Cl)cc2o1. The van der Waals surface area contributed by atoms with Crippen LogP contribution in [-0.4, -0.2) is 39.6 Å². The van der Waals surface area contributed by atoms with E-state index < -0.39 is 23.4 Å². The first-order valence-electron chi connectivity index (χ1n) is 11.3. The fourth-order valence-corrected chi connectivity index (χ4v) is 4.04. The van der Waals surface area contributed by atoms with E-state index in [1.807, 2.05) is 0 Å². The van der Waals surface area contributed by atoms with E-state index in [2.05, 4.69) is 36.5 Å². The average Bonchev–Trinajstić information content (AvgIpc) is 3.33. The van der Waals surface area contributed by atoms with Crippen LogP contribution >= 0.6 is 39.1 Å². The van der Waals surface area contributed by atoms with Gasteiger partial charge in [-0.05, 0) is 69.6 Å². The molecule has 0 aliphatic heterocycles. The molecule has 2 amide bonds. The lowest BCUT2D eigenvalue weighted by Crippen LogP contribution is -2.27. The molecular formula is C25H25BrCl2N4O7. The molecule has 0 fully saturated rings. The van der Waals surface area contributed by atoms with Crippen molar-refractivity contribution in [2.45, 2.75) is 52.7 Å². The van der Waals surface area contributed by atoms with Crippen molar-refractivity contribution in [1.29, 1.82) is 0 Å². The highest BCUT2D eigenvalue weighted by Gasteiger charge is 2.20. The van der Waals surface area contributed by atoms with Crippen LogP contribution in [0.15, 0.2) is 37.6 Å². The summed E-state index contributed by atoms with van der Waals surface area (Å²) in [7, 11) is 0. The molecule has 208 valence electrons. The van der Waals surface area contributed by atoms with Gasteiger partial charge >= 0.3 is 24.2 Å². The summed E-state index contributed by atoms with van der Waals surface area (Å²) in [6.07, 6.45) is -0.697. The van der Waals surface area contributed by atoms with Crippen LogP contribution in [0.4, 0.5) is 21.6 Å². The number of fused-ring (bicyclic) bond motifs is 2. The molecule has 0 radical (unpaired) electrons. The highest BCUT2D eigenvalue weighted by atomic mass is 79.9. The zero-order valence-corrected chi connectivity index (χ0v) is 24.9. The third-order valence-electron chi connectivity index (χ3n) is 4.25. The molecule has 2 aromatic heterocycles. The highest BCUT2D eigenvalue weighted by molar-refractivity contribution is 9.10. The van der Waals surface area contributed by atoms with Crippen molar-refractivity contribution in [2.75, 3.05) is 10.6 Å². The van der Waals surface area contributed by atoms with Crippen LogP contribution < -0.4 is 10.6 Å². The van der Waals surface area contributed by atoms with Gasteiger partial charge in [0, 0.05) is 32.2 Å². The van der Waals surface area contributed by atoms with Gasteiger partial charge in [-0.25, -0.2) is 20.2 Å². The number of amides is 2. The Balaban J connectivity index is 0.000000216. The first-order chi connectivity index (χ1) is 18.0. The summed E-state index contributed by atoms with van der Waals surface area (Å²) in [4.78, 5) is 42.3. The van der Waals surface area contributed by atoms with Gasteiger partial charge in [-0.3, -0.25) is 4.79 Å². The fourth-order valence-electron chi connectivity index (χ4n) is 2.96. The molecule has 0 aliphatic rings. The van der Waals surface area contributed by atoms with Crippen LogP contribution in [0, 0.1) is 0 Å². The Morgan fingerprint density at radius 1 is 0.821 bits per heavy atom. The molecule has 0 saturated carbocycles. The highest BCUT2D eigenvalue weighted by Crippen LogP contribution is 2.30. The molecule has 2 N–H and O–H groups in total. The molecule has 0 aliphatic carbocycles. The molecule has 2 heterocycles. The minimum absolute atomic E-state index is 0.0559. The zero-order valence-electron chi connectivity index (χ0n) is 21.8. The van der Waals surface area contributed by atoms with Crippen LogP contribution in [0.1, 0.15) is 51.9 Å². The number of aromatic nitrogens is 2. The lowest BCUT2D eigenvalue weighted by atomic mass is 10.2. The molecule has 4 rings (SSSR count). The van der Waals surface area contributed by atoms with Gasteiger partial charge in [-0.15, -0.1) is 0 Å². The molecule has 11 nitrogen and oxygen atoms in total. The lowest BCUT2D eigenvalue weighted by Gasteiger charge is -2.18. The van der Waals surface area contributed by atoms with Crippen molar-refractivity contribution >= 4 is 91.8 Å². The predicted octanol–water partition coefficient (Wildman–Crippen LogP) is 8.23. The number of benzene rings is 2. The van der Waals surface area contributed by atoms with Gasteiger partial charge in [0.15, 0.2) is 17.5 Å². The monoisotopic (exact) mass is 642 g/mol. The molecule has 39 heavy (non-hydrogen) atoms. The van der Waals surface area contributed by atoms with E-state index in [4.69, 9.17) is 41.5 Å². The summed E-state index contributed by atoms with van der Waals surface area (Å²) in [5.74, 6) is 0. The normalized spacial score (nSPS) is 11.5. The van der Waals surface area contributed by atoms with E-state index >= 15 is 0 Å². The van der Waals surface area contributed by atoms with E-state index in [0.717, 1.165) is 0 Å². The Labute approximate surface area is 241 Å². The molecule has 4 aromatic rings. The molecule has 0 atom stereocenters. The molecule has 2 aromatic carbocycles. The fraction of sp³-hybridized carbons (Fsp3) is 0.320. The van der Waals surface area contributed by atoms with Crippen molar-refractivity contribution in [3.63, 3.8) is 0 Å². The lowest BCUT2D eigenvalue weighted by molar-refractivity contribution is 0.0620. The number of hydrogen-bond acceptors (Lipinski definition) is 9. The van der Waals surface area contributed by atoms with Crippen molar-refractivity contribution in [3.8, 4) is 0 Å². The van der Waals surface area contributed by atoms with Crippen LogP contribution in [-0.2, 0) is 9.47 Å². The predicted molar refractivity (Wildman–Crippen MR) is 151 cm³/mol. The maximum Gasteiger partial charge on any atom is 0.415 e. The van der Waals surface area contributed by atoms with E-state index in [0.29, 0.717) is 43.0 Å². The number of ether oxygens (including phenoxy) is 2. The van der Waals surface area contributed by atoms with Crippen molar-refractivity contribution in [1.82, 2.24) is 9.97 Å². The maximum atomic E-state index is 11.6. The van der Waals surface area contributed by atoms with Gasteiger partial charge in [-0.1, -0.05) is 23.2 Å². The van der Waals surface area contributed by atoms with Gasteiger partial charge in [0.05, 0.1) is 0 Å². The van der Waals surface area contributed by atoms with E-state index in [1.54, 1.807) is 53.7 Å². The second-order valence-corrected chi connectivity index (χ2v) is 11.7. The minimum atomic E-state index is -0.692. The Kier molecular flexibility index (Phi) is 9.14. The number of halogens is 3. The topological polar surface area (TPSA) is 146 Å². The number of anilines is 2.